The van der Waals surface area contributed by atoms with Crippen LogP contribution in [0.15, 0.2) is 30.6 Å². The molecule has 2 aromatic rings. The van der Waals surface area contributed by atoms with Crippen LogP contribution >= 0.6 is 0 Å². The van der Waals surface area contributed by atoms with Gasteiger partial charge in [0.2, 0.25) is 0 Å². The second kappa shape index (κ2) is 9.00. The molecule has 25 heavy (non-hydrogen) atoms. The molecule has 0 amide bonds. The summed E-state index contributed by atoms with van der Waals surface area (Å²) in [7, 11) is 0. The normalized spacial score (nSPS) is 9.44. The van der Waals surface area contributed by atoms with Crippen LogP contribution in [0, 0.1) is 13.8 Å². The molecule has 2 aromatic heterocycles. The molecule has 2 rings (SSSR count). The molecule has 0 spiro atoms. The number of ketones is 2. The van der Waals surface area contributed by atoms with E-state index >= 15 is 0 Å². The number of rotatable bonds is 2. The summed E-state index contributed by atoms with van der Waals surface area (Å²) < 4.78 is 9.23. The quantitative estimate of drug-likeness (QED) is 0.575. The summed E-state index contributed by atoms with van der Waals surface area (Å²) in [6.07, 6.45) is 0. The van der Waals surface area contributed by atoms with Crippen LogP contribution in [-0.2, 0) is 17.1 Å². The Hall–Kier alpha value is -2.64. The number of hydrogen-bond acceptors (Lipinski definition) is 8. The molecule has 9 heteroatoms. The molecule has 0 saturated carbocycles. The van der Waals surface area contributed by atoms with E-state index in [0.29, 0.717) is 0 Å². The largest absolute Gasteiger partial charge is 0.507 e. The van der Waals surface area contributed by atoms with Crippen molar-refractivity contribution in [1.82, 2.24) is 0 Å². The molecule has 0 saturated heterocycles. The third kappa shape index (κ3) is 5.74. The first-order valence-corrected chi connectivity index (χ1v) is 6.73. The number of aryl methyl sites for hydroxylation is 2. The van der Waals surface area contributed by atoms with Gasteiger partial charge in [-0.2, -0.15) is 0 Å². The predicted octanol–water partition coefficient (Wildman–Crippen LogP) is 1.71. The molecule has 2 heterocycles. The molecule has 0 aromatic carbocycles. The van der Waals surface area contributed by atoms with Gasteiger partial charge in [0.1, 0.15) is 34.1 Å². The Morgan fingerprint density at radius 1 is 0.800 bits per heavy atom. The van der Waals surface area contributed by atoms with Crippen LogP contribution < -0.4 is 11.3 Å². The van der Waals surface area contributed by atoms with Crippen molar-refractivity contribution < 1.29 is 45.7 Å². The van der Waals surface area contributed by atoms with Crippen molar-refractivity contribution in [3.05, 3.63) is 55.6 Å². The van der Waals surface area contributed by atoms with Crippen molar-refractivity contribution in [3.8, 4) is 11.5 Å². The van der Waals surface area contributed by atoms with Crippen molar-refractivity contribution >= 4 is 11.6 Å². The molecular formula is C16H16CuO8. The zero-order chi connectivity index (χ0) is 18.6. The summed E-state index contributed by atoms with van der Waals surface area (Å²) in [6, 6.07) is 2.47. The van der Waals surface area contributed by atoms with Gasteiger partial charge in [-0.15, -0.1) is 0 Å². The zero-order valence-electron chi connectivity index (χ0n) is 13.8. The van der Waals surface area contributed by atoms with Gasteiger partial charge in [-0.05, 0) is 27.7 Å². The van der Waals surface area contributed by atoms with Gasteiger partial charge in [0, 0.05) is 29.2 Å². The van der Waals surface area contributed by atoms with Crippen LogP contribution in [0.25, 0.3) is 0 Å². The molecule has 2 N–H and O–H groups in total. The Labute approximate surface area is 152 Å². The minimum atomic E-state index is -0.792. The Morgan fingerprint density at radius 3 is 1.28 bits per heavy atom. The molecule has 0 aliphatic carbocycles. The number of carbonyl (C=O) groups is 2. The average molecular weight is 400 g/mol. The van der Waals surface area contributed by atoms with Crippen LogP contribution in [0.3, 0.4) is 0 Å². The minimum absolute atomic E-state index is 0. The summed E-state index contributed by atoms with van der Waals surface area (Å²) in [4.78, 5) is 43.5. The summed E-state index contributed by atoms with van der Waals surface area (Å²) in [5, 5.41) is 18.3. The molecule has 0 aliphatic heterocycles. The van der Waals surface area contributed by atoms with Crippen molar-refractivity contribution in [3.63, 3.8) is 0 Å². The summed E-state index contributed by atoms with van der Waals surface area (Å²) in [5.41, 5.74) is -2.17. The SMILES string of the molecule is CC(=O)c1c(O)cc(C)oc1=O.CC(=O)c1c(O)cc(C)oc1=O.[Cu]. The van der Waals surface area contributed by atoms with Crippen molar-refractivity contribution in [1.29, 1.82) is 0 Å². The minimum Gasteiger partial charge on any atom is -0.507 e. The van der Waals surface area contributed by atoms with Gasteiger partial charge in [-0.1, -0.05) is 0 Å². The van der Waals surface area contributed by atoms with Gasteiger partial charge >= 0.3 is 11.3 Å². The maximum atomic E-state index is 11.0. The van der Waals surface area contributed by atoms with E-state index in [4.69, 9.17) is 10.2 Å². The van der Waals surface area contributed by atoms with Gasteiger partial charge in [0.25, 0.3) is 0 Å². The van der Waals surface area contributed by atoms with Crippen LogP contribution in [-0.4, -0.2) is 21.8 Å². The maximum absolute atomic E-state index is 11.0. The van der Waals surface area contributed by atoms with E-state index in [2.05, 4.69) is 8.83 Å². The van der Waals surface area contributed by atoms with Gasteiger partial charge < -0.3 is 19.0 Å². The van der Waals surface area contributed by atoms with E-state index in [9.17, 15) is 19.2 Å². The molecular weight excluding hydrogens is 384 g/mol. The van der Waals surface area contributed by atoms with Gasteiger partial charge in [0.15, 0.2) is 11.6 Å². The molecule has 0 bridgehead atoms. The van der Waals surface area contributed by atoms with E-state index in [1.54, 1.807) is 0 Å². The molecule has 0 atom stereocenters. The van der Waals surface area contributed by atoms with Crippen molar-refractivity contribution in [2.45, 2.75) is 27.7 Å². The Bertz CT molecular complexity index is 832. The summed E-state index contributed by atoms with van der Waals surface area (Å²) in [5.74, 6) is -1.08. The second-order valence-corrected chi connectivity index (χ2v) is 4.92. The molecule has 139 valence electrons. The first kappa shape index (κ1) is 22.4. The zero-order valence-corrected chi connectivity index (χ0v) is 14.7. The topological polar surface area (TPSA) is 135 Å². The Morgan fingerprint density at radius 2 is 1.08 bits per heavy atom. The maximum Gasteiger partial charge on any atom is 0.350 e. The second-order valence-electron chi connectivity index (χ2n) is 4.92. The number of Topliss-reactive ketones (excluding diaryl/α,β-unsaturated/α-hetero) is 2. The predicted molar refractivity (Wildman–Crippen MR) is 82.8 cm³/mol. The van der Waals surface area contributed by atoms with Gasteiger partial charge in [-0.25, -0.2) is 9.59 Å². The first-order valence-electron chi connectivity index (χ1n) is 6.73. The standard InChI is InChI=1S/2C8H8O4.Cu/c2*1-4-3-6(10)7(5(2)9)8(11)12-4;/h2*3,10H,1-2H3;. The molecule has 1 radical (unpaired) electrons. The summed E-state index contributed by atoms with van der Waals surface area (Å²) >= 11 is 0. The van der Waals surface area contributed by atoms with E-state index in [-0.39, 0.29) is 51.2 Å². The fraction of sp³-hybridized carbons (Fsp3) is 0.250. The number of hydrogen-bond donors (Lipinski definition) is 2. The van der Waals surface area contributed by atoms with Crippen LogP contribution in [0.4, 0.5) is 0 Å². The molecule has 0 fully saturated rings. The summed E-state index contributed by atoms with van der Waals surface area (Å²) in [6.45, 7) is 5.43. The monoisotopic (exact) mass is 399 g/mol. The molecule has 8 nitrogen and oxygen atoms in total. The third-order valence-electron chi connectivity index (χ3n) is 2.81. The Balaban J connectivity index is 0.000000443. The van der Waals surface area contributed by atoms with Crippen molar-refractivity contribution in [2.24, 2.45) is 0 Å². The Kier molecular flexibility index (Phi) is 8.05. The van der Waals surface area contributed by atoms with E-state index in [1.807, 2.05) is 0 Å². The van der Waals surface area contributed by atoms with Gasteiger partial charge in [-0.3, -0.25) is 9.59 Å². The smallest absolute Gasteiger partial charge is 0.350 e. The first-order chi connectivity index (χ1) is 11.0. The van der Waals surface area contributed by atoms with Crippen molar-refractivity contribution in [2.75, 3.05) is 0 Å². The fourth-order valence-corrected chi connectivity index (χ4v) is 1.84. The van der Waals surface area contributed by atoms with Gasteiger partial charge in [0.05, 0.1) is 0 Å². The molecule has 0 unspecified atom stereocenters. The average Bonchev–Trinajstić information content (AvgIpc) is 2.35. The fourth-order valence-electron chi connectivity index (χ4n) is 1.84. The number of aromatic hydroxyl groups is 2. The van der Waals surface area contributed by atoms with E-state index < -0.39 is 22.8 Å². The third-order valence-corrected chi connectivity index (χ3v) is 2.81. The van der Waals surface area contributed by atoms with E-state index in [0.717, 1.165) is 0 Å². The molecule has 0 aliphatic rings. The number of carbonyl (C=O) groups excluding carboxylic acids is 2. The van der Waals surface area contributed by atoms with E-state index in [1.165, 1.54) is 39.8 Å². The van der Waals surface area contributed by atoms with Crippen LogP contribution in [0.2, 0.25) is 0 Å². The van der Waals surface area contributed by atoms with Crippen LogP contribution in [0.5, 0.6) is 11.5 Å². The van der Waals surface area contributed by atoms with Crippen LogP contribution in [0.1, 0.15) is 46.1 Å².